The quantitative estimate of drug-likeness (QED) is 0.656. The second-order valence-corrected chi connectivity index (χ2v) is 5.83. The number of hydrogen-bond donors (Lipinski definition) is 1. The smallest absolute Gasteiger partial charge is 0.0577 e. The minimum Gasteiger partial charge on any atom is -0.393 e. The van der Waals surface area contributed by atoms with Crippen LogP contribution < -0.4 is 0 Å². The van der Waals surface area contributed by atoms with E-state index >= 15 is 0 Å². The molecule has 1 heteroatoms. The van der Waals surface area contributed by atoms with Gasteiger partial charge in [-0.2, -0.15) is 0 Å². The minimum absolute atomic E-state index is 0.121. The SMILES string of the molecule is CC#CCC1CC(C(C)(C)C)CCC1O. The molecule has 0 amide bonds. The summed E-state index contributed by atoms with van der Waals surface area (Å²) in [5.74, 6) is 7.18. The van der Waals surface area contributed by atoms with E-state index in [1.807, 2.05) is 6.92 Å². The molecule has 0 aromatic heterocycles. The Labute approximate surface area is 94.3 Å². The first-order chi connectivity index (χ1) is 6.95. The summed E-state index contributed by atoms with van der Waals surface area (Å²) in [6.45, 7) is 8.78. The molecule has 1 fully saturated rings. The molecule has 3 unspecified atom stereocenters. The molecule has 0 saturated heterocycles. The van der Waals surface area contributed by atoms with Crippen LogP contribution in [0.2, 0.25) is 0 Å². The lowest BCUT2D eigenvalue weighted by molar-refractivity contribution is 0.0216. The Balaban J connectivity index is 2.58. The average molecular weight is 208 g/mol. The first-order valence-electron chi connectivity index (χ1n) is 6.03. The molecule has 0 aromatic carbocycles. The third-order valence-electron chi connectivity index (χ3n) is 3.71. The van der Waals surface area contributed by atoms with Gasteiger partial charge in [-0.05, 0) is 43.4 Å². The van der Waals surface area contributed by atoms with Crippen molar-refractivity contribution in [3.05, 3.63) is 0 Å². The van der Waals surface area contributed by atoms with Crippen molar-refractivity contribution in [2.24, 2.45) is 17.3 Å². The Bertz CT molecular complexity index is 251. The van der Waals surface area contributed by atoms with Crippen molar-refractivity contribution in [1.82, 2.24) is 0 Å². The van der Waals surface area contributed by atoms with Gasteiger partial charge in [0.1, 0.15) is 0 Å². The highest BCUT2D eigenvalue weighted by Crippen LogP contribution is 2.41. The van der Waals surface area contributed by atoms with Gasteiger partial charge in [0.2, 0.25) is 0 Å². The van der Waals surface area contributed by atoms with Crippen LogP contribution in [0.3, 0.4) is 0 Å². The highest BCUT2D eigenvalue weighted by molar-refractivity contribution is 4.99. The summed E-state index contributed by atoms with van der Waals surface area (Å²) in [6, 6.07) is 0. The van der Waals surface area contributed by atoms with Crippen molar-refractivity contribution in [3.8, 4) is 11.8 Å². The molecule has 86 valence electrons. The number of hydrogen-bond acceptors (Lipinski definition) is 1. The van der Waals surface area contributed by atoms with E-state index in [-0.39, 0.29) is 6.10 Å². The maximum atomic E-state index is 9.91. The fraction of sp³-hybridized carbons (Fsp3) is 0.857. The van der Waals surface area contributed by atoms with E-state index in [0.29, 0.717) is 11.3 Å². The standard InChI is InChI=1S/C14H24O/c1-5-6-7-11-10-12(14(2,3)4)8-9-13(11)15/h11-13,15H,7-10H2,1-4H3. The van der Waals surface area contributed by atoms with Gasteiger partial charge in [-0.15, -0.1) is 11.8 Å². The van der Waals surface area contributed by atoms with E-state index in [2.05, 4.69) is 32.6 Å². The third kappa shape index (κ3) is 3.54. The molecule has 0 spiro atoms. The predicted octanol–water partition coefficient (Wildman–Crippen LogP) is 3.22. The van der Waals surface area contributed by atoms with Crippen LogP contribution in [0.15, 0.2) is 0 Å². The maximum Gasteiger partial charge on any atom is 0.0577 e. The van der Waals surface area contributed by atoms with Gasteiger partial charge in [0.05, 0.1) is 6.10 Å². The summed E-state index contributed by atoms with van der Waals surface area (Å²) in [5.41, 5.74) is 0.373. The number of aliphatic hydroxyl groups excluding tert-OH is 1. The first-order valence-corrected chi connectivity index (χ1v) is 6.03. The van der Waals surface area contributed by atoms with E-state index in [1.54, 1.807) is 0 Å². The number of rotatable bonds is 1. The average Bonchev–Trinajstić information content (AvgIpc) is 2.15. The Morgan fingerprint density at radius 2 is 1.93 bits per heavy atom. The predicted molar refractivity (Wildman–Crippen MR) is 64.4 cm³/mol. The molecular weight excluding hydrogens is 184 g/mol. The van der Waals surface area contributed by atoms with E-state index < -0.39 is 0 Å². The van der Waals surface area contributed by atoms with Crippen molar-refractivity contribution in [2.75, 3.05) is 0 Å². The lowest BCUT2D eigenvalue weighted by atomic mass is 9.67. The van der Waals surface area contributed by atoms with Crippen molar-refractivity contribution < 1.29 is 5.11 Å². The molecule has 3 atom stereocenters. The Kier molecular flexibility index (Phi) is 4.22. The molecule has 1 aliphatic rings. The highest BCUT2D eigenvalue weighted by Gasteiger charge is 2.34. The lowest BCUT2D eigenvalue weighted by Crippen LogP contribution is -2.34. The molecule has 0 radical (unpaired) electrons. The van der Waals surface area contributed by atoms with Crippen LogP contribution in [0, 0.1) is 29.1 Å². The molecule has 1 nitrogen and oxygen atoms in total. The molecule has 0 heterocycles. The summed E-state index contributed by atoms with van der Waals surface area (Å²) in [5, 5.41) is 9.91. The molecule has 0 aliphatic heterocycles. The maximum absolute atomic E-state index is 9.91. The highest BCUT2D eigenvalue weighted by atomic mass is 16.3. The van der Waals surface area contributed by atoms with Gasteiger partial charge >= 0.3 is 0 Å². The monoisotopic (exact) mass is 208 g/mol. The molecular formula is C14H24O. The molecule has 1 saturated carbocycles. The lowest BCUT2D eigenvalue weighted by Gasteiger charge is -2.39. The van der Waals surface area contributed by atoms with Crippen molar-refractivity contribution in [1.29, 1.82) is 0 Å². The van der Waals surface area contributed by atoms with Gasteiger partial charge in [-0.25, -0.2) is 0 Å². The zero-order valence-electron chi connectivity index (χ0n) is 10.5. The van der Waals surface area contributed by atoms with Crippen LogP contribution in [0.4, 0.5) is 0 Å². The zero-order chi connectivity index (χ0) is 11.5. The van der Waals surface area contributed by atoms with Crippen LogP contribution in [-0.4, -0.2) is 11.2 Å². The van der Waals surface area contributed by atoms with Crippen molar-refractivity contribution in [2.45, 2.75) is 59.5 Å². The molecule has 1 N–H and O–H groups in total. The van der Waals surface area contributed by atoms with Gasteiger partial charge in [-0.1, -0.05) is 20.8 Å². The zero-order valence-corrected chi connectivity index (χ0v) is 10.5. The minimum atomic E-state index is -0.121. The summed E-state index contributed by atoms with van der Waals surface area (Å²) < 4.78 is 0. The fourth-order valence-electron chi connectivity index (χ4n) is 2.49. The van der Waals surface area contributed by atoms with Crippen molar-refractivity contribution in [3.63, 3.8) is 0 Å². The van der Waals surface area contributed by atoms with E-state index in [0.717, 1.165) is 25.2 Å². The molecule has 1 aliphatic carbocycles. The fourth-order valence-corrected chi connectivity index (χ4v) is 2.49. The summed E-state index contributed by atoms with van der Waals surface area (Å²) >= 11 is 0. The van der Waals surface area contributed by atoms with E-state index in [1.165, 1.54) is 6.42 Å². The van der Waals surface area contributed by atoms with Gasteiger partial charge in [0.25, 0.3) is 0 Å². The van der Waals surface area contributed by atoms with E-state index in [9.17, 15) is 5.11 Å². The van der Waals surface area contributed by atoms with Gasteiger partial charge < -0.3 is 5.11 Å². The summed E-state index contributed by atoms with van der Waals surface area (Å²) in [4.78, 5) is 0. The molecule has 0 bridgehead atoms. The Morgan fingerprint density at radius 1 is 1.27 bits per heavy atom. The summed E-state index contributed by atoms with van der Waals surface area (Å²) in [7, 11) is 0. The molecule has 1 rings (SSSR count). The second kappa shape index (κ2) is 5.03. The second-order valence-electron chi connectivity index (χ2n) is 5.83. The van der Waals surface area contributed by atoms with Crippen LogP contribution in [-0.2, 0) is 0 Å². The van der Waals surface area contributed by atoms with Crippen LogP contribution in [0.5, 0.6) is 0 Å². The van der Waals surface area contributed by atoms with Gasteiger partial charge in [0.15, 0.2) is 0 Å². The van der Waals surface area contributed by atoms with Gasteiger partial charge in [0, 0.05) is 6.42 Å². The largest absolute Gasteiger partial charge is 0.393 e. The normalized spacial score (nSPS) is 31.9. The summed E-state index contributed by atoms with van der Waals surface area (Å²) in [6.07, 6.45) is 4.01. The van der Waals surface area contributed by atoms with Gasteiger partial charge in [-0.3, -0.25) is 0 Å². The van der Waals surface area contributed by atoms with Crippen LogP contribution in [0.25, 0.3) is 0 Å². The molecule has 15 heavy (non-hydrogen) atoms. The van der Waals surface area contributed by atoms with Crippen LogP contribution in [0.1, 0.15) is 53.4 Å². The Hall–Kier alpha value is -0.480. The first kappa shape index (κ1) is 12.6. The third-order valence-corrected chi connectivity index (χ3v) is 3.71. The Morgan fingerprint density at radius 3 is 2.47 bits per heavy atom. The number of aliphatic hydroxyl groups is 1. The van der Waals surface area contributed by atoms with Crippen molar-refractivity contribution >= 4 is 0 Å². The van der Waals surface area contributed by atoms with Crippen LogP contribution >= 0.6 is 0 Å². The topological polar surface area (TPSA) is 20.2 Å². The van der Waals surface area contributed by atoms with E-state index in [4.69, 9.17) is 0 Å². The molecule has 0 aromatic rings.